The highest BCUT2D eigenvalue weighted by molar-refractivity contribution is 7.92. The fourth-order valence-electron chi connectivity index (χ4n) is 4.43. The standard InChI is InChI=1S/C27H27F3N5O7PS/c1-4-26(2,3)18-7-9-19(10-8-18)44(39,40)35-14-17-6-12-22(27(28,29)30)32-24(17)31-20-11-5-16(13-21(20)35)25-33-23(42-34-25)15-41-43(36,37)38/h5-13H,4,14-15H2,1-3H3,(H,31,32)(H2,36,37,38). The lowest BCUT2D eigenvalue weighted by molar-refractivity contribution is -0.141. The largest absolute Gasteiger partial charge is 0.470 e. The van der Waals surface area contributed by atoms with Crippen LogP contribution in [0.1, 0.15) is 49.9 Å². The van der Waals surface area contributed by atoms with Gasteiger partial charge in [0, 0.05) is 11.1 Å². The van der Waals surface area contributed by atoms with Crippen molar-refractivity contribution in [2.24, 2.45) is 0 Å². The molecule has 0 saturated heterocycles. The number of hydrogen-bond acceptors (Lipinski definition) is 9. The summed E-state index contributed by atoms with van der Waals surface area (Å²) in [6, 6.07) is 12.7. The number of rotatable bonds is 8. The SMILES string of the molecule is CCC(C)(C)c1ccc(S(=O)(=O)N2Cc3ccc(C(F)(F)F)nc3Nc3ccc(-c4noc(COP(=O)(O)O)n4)cc32)cc1. The summed E-state index contributed by atoms with van der Waals surface area (Å²) in [5, 5.41) is 6.62. The maximum Gasteiger partial charge on any atom is 0.470 e. The molecule has 234 valence electrons. The predicted molar refractivity (Wildman–Crippen MR) is 152 cm³/mol. The Bertz CT molecular complexity index is 1860. The molecule has 0 saturated carbocycles. The molecule has 0 radical (unpaired) electrons. The third-order valence-corrected chi connectivity index (χ3v) is 9.53. The summed E-state index contributed by atoms with van der Waals surface area (Å²) >= 11 is 0. The van der Waals surface area contributed by atoms with Crippen LogP contribution >= 0.6 is 7.82 Å². The lowest BCUT2D eigenvalue weighted by Gasteiger charge is -2.26. The second-order valence-electron chi connectivity index (χ2n) is 10.6. The average molecular weight is 654 g/mol. The van der Waals surface area contributed by atoms with Gasteiger partial charge in [-0.3, -0.25) is 8.83 Å². The Labute approximate surface area is 250 Å². The average Bonchev–Trinajstić information content (AvgIpc) is 3.37. The van der Waals surface area contributed by atoms with Crippen LogP contribution in [0.2, 0.25) is 0 Å². The number of anilines is 3. The van der Waals surface area contributed by atoms with Crippen molar-refractivity contribution in [3.8, 4) is 11.4 Å². The van der Waals surface area contributed by atoms with Gasteiger partial charge in [-0.05, 0) is 53.8 Å². The fraction of sp³-hybridized carbons (Fsp3) is 0.296. The van der Waals surface area contributed by atoms with Crippen molar-refractivity contribution < 1.29 is 45.0 Å². The molecule has 1 aliphatic rings. The monoisotopic (exact) mass is 653 g/mol. The van der Waals surface area contributed by atoms with E-state index in [1.54, 1.807) is 12.1 Å². The van der Waals surface area contributed by atoms with E-state index in [1.807, 2.05) is 20.8 Å². The molecule has 44 heavy (non-hydrogen) atoms. The minimum atomic E-state index is -4.81. The molecule has 12 nitrogen and oxygen atoms in total. The van der Waals surface area contributed by atoms with Crippen molar-refractivity contribution in [3.63, 3.8) is 0 Å². The smallest absolute Gasteiger partial charge is 0.338 e. The molecule has 3 heterocycles. The van der Waals surface area contributed by atoms with E-state index in [1.165, 1.54) is 36.4 Å². The number of benzene rings is 2. The Morgan fingerprint density at radius 2 is 1.77 bits per heavy atom. The zero-order chi connectivity index (χ0) is 32.1. The van der Waals surface area contributed by atoms with Crippen molar-refractivity contribution in [2.45, 2.75) is 56.8 Å². The molecule has 2 aromatic heterocycles. The van der Waals surface area contributed by atoms with E-state index in [2.05, 4.69) is 25.0 Å². The highest BCUT2D eigenvalue weighted by Gasteiger charge is 2.36. The van der Waals surface area contributed by atoms with Crippen LogP contribution in [0, 0.1) is 0 Å². The van der Waals surface area contributed by atoms with Crippen LogP contribution in [0.15, 0.2) is 64.0 Å². The van der Waals surface area contributed by atoms with Gasteiger partial charge in [-0.2, -0.15) is 18.2 Å². The Morgan fingerprint density at radius 1 is 1.07 bits per heavy atom. The highest BCUT2D eigenvalue weighted by Crippen LogP contribution is 2.42. The van der Waals surface area contributed by atoms with E-state index in [-0.39, 0.29) is 56.9 Å². The summed E-state index contributed by atoms with van der Waals surface area (Å²) in [5.74, 6) is -0.477. The third kappa shape index (κ3) is 6.49. The molecular weight excluding hydrogens is 626 g/mol. The number of alkyl halides is 3. The first-order chi connectivity index (χ1) is 20.5. The summed E-state index contributed by atoms with van der Waals surface area (Å²) in [4.78, 5) is 25.6. The molecule has 0 aliphatic carbocycles. The Kier molecular flexibility index (Phi) is 8.10. The molecule has 0 amide bonds. The molecular formula is C27H27F3N5O7PS. The predicted octanol–water partition coefficient (Wildman–Crippen LogP) is 5.90. The van der Waals surface area contributed by atoms with Gasteiger partial charge < -0.3 is 19.6 Å². The minimum absolute atomic E-state index is 0.0377. The first-order valence-corrected chi connectivity index (χ1v) is 16.1. The maximum atomic E-state index is 14.2. The number of sulfonamides is 1. The van der Waals surface area contributed by atoms with Gasteiger partial charge in [-0.15, -0.1) is 0 Å². The zero-order valence-corrected chi connectivity index (χ0v) is 25.2. The molecule has 4 aromatic rings. The normalized spacial score (nSPS) is 14.0. The number of nitrogens with one attached hydrogen (secondary N) is 1. The third-order valence-electron chi connectivity index (χ3n) is 7.29. The summed E-state index contributed by atoms with van der Waals surface area (Å²) < 4.78 is 90.2. The first kappa shape index (κ1) is 31.6. The number of phosphoric ester groups is 1. The number of aromatic nitrogens is 3. The molecule has 0 bridgehead atoms. The molecule has 0 spiro atoms. The summed E-state index contributed by atoms with van der Waals surface area (Å²) in [5.41, 5.74) is 0.223. The number of hydrogen-bond donors (Lipinski definition) is 3. The van der Waals surface area contributed by atoms with Gasteiger partial charge in [0.05, 0.1) is 22.8 Å². The van der Waals surface area contributed by atoms with E-state index in [9.17, 15) is 26.2 Å². The van der Waals surface area contributed by atoms with Crippen LogP contribution in [0.5, 0.6) is 0 Å². The van der Waals surface area contributed by atoms with Crippen LogP contribution < -0.4 is 9.62 Å². The fourth-order valence-corrected chi connectivity index (χ4v) is 6.16. The summed E-state index contributed by atoms with van der Waals surface area (Å²) in [6.45, 7) is 5.06. The summed E-state index contributed by atoms with van der Waals surface area (Å²) in [7, 11) is -9.11. The van der Waals surface area contributed by atoms with Crippen molar-refractivity contribution in [1.82, 2.24) is 15.1 Å². The number of halogens is 3. The van der Waals surface area contributed by atoms with Crippen LogP contribution in [0.25, 0.3) is 11.4 Å². The van der Waals surface area contributed by atoms with Crippen LogP contribution in [0.3, 0.4) is 0 Å². The second-order valence-corrected chi connectivity index (χ2v) is 13.7. The van der Waals surface area contributed by atoms with E-state index in [0.29, 0.717) is 0 Å². The lowest BCUT2D eigenvalue weighted by Crippen LogP contribution is -2.30. The molecule has 0 unspecified atom stereocenters. The molecule has 2 aromatic carbocycles. The molecule has 17 heteroatoms. The Balaban J connectivity index is 1.60. The molecule has 3 N–H and O–H groups in total. The van der Waals surface area contributed by atoms with Crippen molar-refractivity contribution in [1.29, 1.82) is 0 Å². The van der Waals surface area contributed by atoms with Crippen molar-refractivity contribution in [2.75, 3.05) is 9.62 Å². The lowest BCUT2D eigenvalue weighted by atomic mass is 9.82. The van der Waals surface area contributed by atoms with Crippen molar-refractivity contribution in [3.05, 3.63) is 77.3 Å². The Morgan fingerprint density at radius 3 is 2.41 bits per heavy atom. The summed E-state index contributed by atoms with van der Waals surface area (Å²) in [6.07, 6.45) is -3.91. The van der Waals surface area contributed by atoms with E-state index in [4.69, 9.17) is 14.3 Å². The van der Waals surface area contributed by atoms with E-state index >= 15 is 0 Å². The maximum absolute atomic E-state index is 14.2. The Hall–Kier alpha value is -3.82. The van der Waals surface area contributed by atoms with Crippen LogP contribution in [0.4, 0.5) is 30.4 Å². The molecule has 0 atom stereocenters. The number of nitrogens with zero attached hydrogens (tertiary/aromatic N) is 4. The van der Waals surface area contributed by atoms with Crippen LogP contribution in [-0.4, -0.2) is 33.3 Å². The highest BCUT2D eigenvalue weighted by atomic mass is 32.2. The van der Waals surface area contributed by atoms with Crippen LogP contribution in [-0.2, 0) is 43.9 Å². The van der Waals surface area contributed by atoms with Gasteiger partial charge in [-0.1, -0.05) is 44.1 Å². The number of fused-ring (bicyclic) bond motifs is 2. The van der Waals surface area contributed by atoms with Gasteiger partial charge in [0.1, 0.15) is 18.1 Å². The zero-order valence-electron chi connectivity index (χ0n) is 23.5. The van der Waals surface area contributed by atoms with Gasteiger partial charge >= 0.3 is 14.0 Å². The van der Waals surface area contributed by atoms with Gasteiger partial charge in [-0.25, -0.2) is 18.0 Å². The quantitative estimate of drug-likeness (QED) is 0.194. The number of pyridine rings is 1. The van der Waals surface area contributed by atoms with E-state index in [0.717, 1.165) is 22.4 Å². The number of phosphoric acid groups is 1. The topological polar surface area (TPSA) is 168 Å². The van der Waals surface area contributed by atoms with Gasteiger partial charge in [0.25, 0.3) is 15.9 Å². The molecule has 0 fully saturated rings. The van der Waals surface area contributed by atoms with Gasteiger partial charge in [0.15, 0.2) is 0 Å². The molecule has 5 rings (SSSR count). The minimum Gasteiger partial charge on any atom is -0.338 e. The molecule has 1 aliphatic heterocycles. The van der Waals surface area contributed by atoms with Gasteiger partial charge in [0.2, 0.25) is 5.82 Å². The van der Waals surface area contributed by atoms with Crippen molar-refractivity contribution >= 4 is 35.0 Å². The van der Waals surface area contributed by atoms with E-state index < -0.39 is 36.3 Å². The first-order valence-electron chi connectivity index (χ1n) is 13.1. The second kappa shape index (κ2) is 11.3.